The maximum atomic E-state index is 12.1. The molecule has 134 valence electrons. The van der Waals surface area contributed by atoms with Crippen molar-refractivity contribution in [2.24, 2.45) is 0 Å². The molecule has 25 heavy (non-hydrogen) atoms. The number of nitrogens with one attached hydrogen (secondary N) is 1. The number of ether oxygens (including phenoxy) is 3. The third-order valence-corrected chi connectivity index (χ3v) is 3.61. The Labute approximate surface area is 148 Å². The zero-order chi connectivity index (χ0) is 18.2. The van der Waals surface area contributed by atoms with Crippen molar-refractivity contribution in [1.82, 2.24) is 5.32 Å². The number of carbonyl (C=O) groups excluding carboxylic acids is 1. The smallest absolute Gasteiger partial charge is 0.260 e. The molecule has 0 bridgehead atoms. The molecule has 0 radical (unpaired) electrons. The summed E-state index contributed by atoms with van der Waals surface area (Å²) < 4.78 is 16.6. The summed E-state index contributed by atoms with van der Waals surface area (Å²) in [6, 6.07) is 13.3. The van der Waals surface area contributed by atoms with Crippen molar-refractivity contribution >= 4 is 5.91 Å². The number of hydrogen-bond donors (Lipinski definition) is 1. The van der Waals surface area contributed by atoms with E-state index in [1.165, 1.54) is 0 Å². The van der Waals surface area contributed by atoms with Crippen LogP contribution in [0.4, 0.5) is 0 Å². The van der Waals surface area contributed by atoms with E-state index in [0.29, 0.717) is 30.4 Å². The predicted molar refractivity (Wildman–Crippen MR) is 97.5 cm³/mol. The first kappa shape index (κ1) is 18.6. The van der Waals surface area contributed by atoms with Gasteiger partial charge < -0.3 is 19.5 Å². The number of aryl methyl sites for hydroxylation is 2. The second-order valence-electron chi connectivity index (χ2n) is 5.87. The molecule has 0 saturated carbocycles. The Kier molecular flexibility index (Phi) is 6.69. The van der Waals surface area contributed by atoms with Crippen LogP contribution in [-0.2, 0) is 4.79 Å². The van der Waals surface area contributed by atoms with Gasteiger partial charge in [-0.05, 0) is 56.2 Å². The van der Waals surface area contributed by atoms with Gasteiger partial charge in [0.05, 0.1) is 13.7 Å². The molecule has 2 aromatic carbocycles. The van der Waals surface area contributed by atoms with Gasteiger partial charge in [-0.25, -0.2) is 0 Å². The van der Waals surface area contributed by atoms with Gasteiger partial charge in [0, 0.05) is 0 Å². The highest BCUT2D eigenvalue weighted by molar-refractivity contribution is 5.80. The van der Waals surface area contributed by atoms with Crippen LogP contribution in [0.3, 0.4) is 0 Å². The largest absolute Gasteiger partial charge is 0.493 e. The fourth-order valence-corrected chi connectivity index (χ4v) is 2.48. The normalized spacial score (nSPS) is 11.5. The van der Waals surface area contributed by atoms with Gasteiger partial charge in [0.2, 0.25) is 0 Å². The van der Waals surface area contributed by atoms with E-state index >= 15 is 0 Å². The van der Waals surface area contributed by atoms with Gasteiger partial charge >= 0.3 is 0 Å². The molecule has 5 nitrogen and oxygen atoms in total. The molecule has 0 aliphatic heterocycles. The average Bonchev–Trinajstić information content (AvgIpc) is 2.57. The first-order chi connectivity index (χ1) is 12.0. The molecular formula is C20H25NO4. The van der Waals surface area contributed by atoms with Crippen molar-refractivity contribution in [3.05, 3.63) is 53.6 Å². The maximum absolute atomic E-state index is 12.1. The van der Waals surface area contributed by atoms with Crippen LogP contribution in [0.5, 0.6) is 17.2 Å². The highest BCUT2D eigenvalue weighted by atomic mass is 16.5. The lowest BCUT2D eigenvalue weighted by molar-refractivity contribution is -0.127. The van der Waals surface area contributed by atoms with Gasteiger partial charge in [-0.1, -0.05) is 18.2 Å². The van der Waals surface area contributed by atoms with Gasteiger partial charge in [-0.15, -0.1) is 0 Å². The second-order valence-corrected chi connectivity index (χ2v) is 5.87. The van der Waals surface area contributed by atoms with Crippen molar-refractivity contribution in [3.8, 4) is 17.2 Å². The molecule has 0 aromatic heterocycles. The monoisotopic (exact) mass is 343 g/mol. The van der Waals surface area contributed by atoms with Gasteiger partial charge in [0.15, 0.2) is 17.6 Å². The summed E-state index contributed by atoms with van der Waals surface area (Å²) in [4.78, 5) is 12.1. The zero-order valence-electron chi connectivity index (χ0n) is 15.2. The summed E-state index contributed by atoms with van der Waals surface area (Å²) in [6.07, 6.45) is -0.576. The van der Waals surface area contributed by atoms with E-state index in [0.717, 1.165) is 11.1 Å². The Hall–Kier alpha value is -2.69. The highest BCUT2D eigenvalue weighted by Gasteiger charge is 2.14. The Morgan fingerprint density at radius 2 is 1.72 bits per heavy atom. The van der Waals surface area contributed by atoms with Crippen LogP contribution in [-0.4, -0.2) is 32.3 Å². The Balaban J connectivity index is 1.77. The fourth-order valence-electron chi connectivity index (χ4n) is 2.48. The van der Waals surface area contributed by atoms with Crippen LogP contribution in [0, 0.1) is 13.8 Å². The van der Waals surface area contributed by atoms with Crippen LogP contribution < -0.4 is 19.5 Å². The molecule has 1 amide bonds. The van der Waals surface area contributed by atoms with Crippen LogP contribution >= 0.6 is 0 Å². The second kappa shape index (κ2) is 8.97. The first-order valence-corrected chi connectivity index (χ1v) is 8.28. The van der Waals surface area contributed by atoms with Crippen LogP contribution in [0.2, 0.25) is 0 Å². The van der Waals surface area contributed by atoms with Gasteiger partial charge in [-0.3, -0.25) is 4.79 Å². The van der Waals surface area contributed by atoms with Gasteiger partial charge in [-0.2, -0.15) is 0 Å². The number of methoxy groups -OCH3 is 1. The number of benzene rings is 2. The number of carbonyl (C=O) groups is 1. The van der Waals surface area contributed by atoms with E-state index in [9.17, 15) is 4.79 Å². The Morgan fingerprint density at radius 3 is 2.36 bits per heavy atom. The summed E-state index contributed by atoms with van der Waals surface area (Å²) in [7, 11) is 1.59. The molecule has 0 fully saturated rings. The number of rotatable bonds is 8. The Bertz CT molecular complexity index is 694. The fraction of sp³-hybridized carbons (Fsp3) is 0.350. The minimum absolute atomic E-state index is 0.178. The summed E-state index contributed by atoms with van der Waals surface area (Å²) in [5.41, 5.74) is 2.21. The lowest BCUT2D eigenvalue weighted by Gasteiger charge is -2.16. The predicted octanol–water partition coefficient (Wildman–Crippen LogP) is 3.27. The quantitative estimate of drug-likeness (QED) is 0.748. The number of amides is 1. The first-order valence-electron chi connectivity index (χ1n) is 8.28. The molecule has 0 heterocycles. The van der Waals surface area contributed by atoms with Crippen molar-refractivity contribution < 1.29 is 19.0 Å². The minimum atomic E-state index is -0.576. The van der Waals surface area contributed by atoms with E-state index in [2.05, 4.69) is 11.4 Å². The van der Waals surface area contributed by atoms with E-state index in [1.807, 2.05) is 50.2 Å². The van der Waals surface area contributed by atoms with E-state index in [4.69, 9.17) is 14.2 Å². The SMILES string of the molecule is COc1ccccc1OCCNC(=O)C(C)Oc1cc(C)cc(C)c1. The van der Waals surface area contributed by atoms with Crippen molar-refractivity contribution in [2.45, 2.75) is 26.9 Å². The molecule has 0 aliphatic carbocycles. The number of para-hydroxylation sites is 2. The third kappa shape index (κ3) is 5.71. The molecule has 1 unspecified atom stereocenters. The van der Waals surface area contributed by atoms with E-state index in [1.54, 1.807) is 14.0 Å². The molecule has 0 aliphatic rings. The lowest BCUT2D eigenvalue weighted by atomic mass is 10.1. The summed E-state index contributed by atoms with van der Waals surface area (Å²) >= 11 is 0. The molecular weight excluding hydrogens is 318 g/mol. The average molecular weight is 343 g/mol. The van der Waals surface area contributed by atoms with Crippen LogP contribution in [0.1, 0.15) is 18.1 Å². The lowest BCUT2D eigenvalue weighted by Crippen LogP contribution is -2.38. The number of hydrogen-bond acceptors (Lipinski definition) is 4. The van der Waals surface area contributed by atoms with E-state index < -0.39 is 6.10 Å². The van der Waals surface area contributed by atoms with E-state index in [-0.39, 0.29) is 5.91 Å². The summed E-state index contributed by atoms with van der Waals surface area (Å²) in [5.74, 6) is 1.84. The Morgan fingerprint density at radius 1 is 1.08 bits per heavy atom. The summed E-state index contributed by atoms with van der Waals surface area (Å²) in [5, 5.41) is 2.81. The molecule has 1 N–H and O–H groups in total. The third-order valence-electron chi connectivity index (χ3n) is 3.61. The molecule has 1 atom stereocenters. The molecule has 2 aromatic rings. The van der Waals surface area contributed by atoms with Crippen molar-refractivity contribution in [1.29, 1.82) is 0 Å². The standard InChI is InChI=1S/C20H25NO4/c1-14-11-15(2)13-17(12-14)25-16(3)20(22)21-9-10-24-19-8-6-5-7-18(19)23-4/h5-8,11-13,16H,9-10H2,1-4H3,(H,21,22). The van der Waals surface area contributed by atoms with Crippen LogP contribution in [0.15, 0.2) is 42.5 Å². The minimum Gasteiger partial charge on any atom is -0.493 e. The molecule has 0 saturated heterocycles. The van der Waals surface area contributed by atoms with Gasteiger partial charge in [0.1, 0.15) is 12.4 Å². The van der Waals surface area contributed by atoms with Crippen molar-refractivity contribution in [2.75, 3.05) is 20.3 Å². The zero-order valence-corrected chi connectivity index (χ0v) is 15.2. The molecule has 2 rings (SSSR count). The molecule has 0 spiro atoms. The van der Waals surface area contributed by atoms with Gasteiger partial charge in [0.25, 0.3) is 5.91 Å². The summed E-state index contributed by atoms with van der Waals surface area (Å²) in [6.45, 7) is 6.47. The molecule has 5 heteroatoms. The van der Waals surface area contributed by atoms with Crippen molar-refractivity contribution in [3.63, 3.8) is 0 Å². The van der Waals surface area contributed by atoms with Crippen LogP contribution in [0.25, 0.3) is 0 Å². The highest BCUT2D eigenvalue weighted by Crippen LogP contribution is 2.25. The maximum Gasteiger partial charge on any atom is 0.260 e. The topological polar surface area (TPSA) is 56.8 Å².